The van der Waals surface area contributed by atoms with Crippen LogP contribution in [0.1, 0.15) is 33.5 Å². The maximum absolute atomic E-state index is 12.6. The summed E-state index contributed by atoms with van der Waals surface area (Å²) in [5.74, 6) is -0.702. The van der Waals surface area contributed by atoms with Crippen LogP contribution in [0.2, 0.25) is 0 Å². The molecule has 8 nitrogen and oxygen atoms in total. The molecule has 1 fully saturated rings. The largest absolute Gasteiger partial charge is 0.379 e. The molecule has 31 heavy (non-hydrogen) atoms. The van der Waals surface area contributed by atoms with E-state index in [4.69, 9.17) is 4.74 Å². The van der Waals surface area contributed by atoms with Gasteiger partial charge in [0.15, 0.2) is 0 Å². The van der Waals surface area contributed by atoms with Gasteiger partial charge >= 0.3 is 0 Å². The topological polar surface area (TPSA) is 105 Å². The summed E-state index contributed by atoms with van der Waals surface area (Å²) in [6, 6.07) is 12.0. The quantitative estimate of drug-likeness (QED) is 0.659. The number of aryl methyl sites for hydroxylation is 3. The van der Waals surface area contributed by atoms with Crippen LogP contribution in [-0.4, -0.2) is 50.8 Å². The first-order valence-electron chi connectivity index (χ1n) is 10.1. The predicted molar refractivity (Wildman–Crippen MR) is 116 cm³/mol. The van der Waals surface area contributed by atoms with E-state index in [1.165, 1.54) is 4.31 Å². The van der Waals surface area contributed by atoms with Gasteiger partial charge in [0.1, 0.15) is 0 Å². The van der Waals surface area contributed by atoms with E-state index in [9.17, 15) is 18.0 Å². The van der Waals surface area contributed by atoms with Gasteiger partial charge in [0.05, 0.1) is 18.1 Å². The Hall–Kier alpha value is -2.75. The van der Waals surface area contributed by atoms with Gasteiger partial charge in [-0.05, 0) is 49.6 Å². The molecule has 1 aliphatic rings. The summed E-state index contributed by atoms with van der Waals surface area (Å²) in [6.07, 6.45) is 0.575. The van der Waals surface area contributed by atoms with Gasteiger partial charge in [-0.15, -0.1) is 0 Å². The first-order valence-corrected chi connectivity index (χ1v) is 11.5. The minimum atomic E-state index is -3.53. The molecule has 0 spiro atoms. The van der Waals surface area contributed by atoms with Crippen LogP contribution in [0.4, 0.5) is 0 Å². The lowest BCUT2D eigenvalue weighted by Crippen LogP contribution is -2.42. The van der Waals surface area contributed by atoms with Gasteiger partial charge in [0, 0.05) is 25.1 Å². The van der Waals surface area contributed by atoms with Crippen LogP contribution in [0.5, 0.6) is 0 Å². The van der Waals surface area contributed by atoms with Gasteiger partial charge in [0.2, 0.25) is 15.9 Å². The lowest BCUT2D eigenvalue weighted by atomic mass is 10.1. The van der Waals surface area contributed by atoms with Crippen LogP contribution in [0, 0.1) is 13.8 Å². The molecule has 0 aliphatic carbocycles. The third kappa shape index (κ3) is 5.90. The third-order valence-corrected chi connectivity index (χ3v) is 7.03. The zero-order chi connectivity index (χ0) is 22.4. The van der Waals surface area contributed by atoms with Crippen LogP contribution in [-0.2, 0) is 26.0 Å². The van der Waals surface area contributed by atoms with E-state index in [0.717, 1.165) is 16.7 Å². The maximum atomic E-state index is 12.6. The number of hydrogen-bond acceptors (Lipinski definition) is 5. The monoisotopic (exact) mass is 445 g/mol. The number of amides is 2. The number of nitrogens with zero attached hydrogens (tertiary/aromatic N) is 1. The molecule has 9 heteroatoms. The molecule has 2 N–H and O–H groups in total. The fourth-order valence-corrected chi connectivity index (χ4v) is 4.75. The smallest absolute Gasteiger partial charge is 0.269 e. The zero-order valence-electron chi connectivity index (χ0n) is 17.7. The number of sulfonamides is 1. The number of benzene rings is 2. The van der Waals surface area contributed by atoms with Crippen molar-refractivity contribution < 1.29 is 22.7 Å². The standard InChI is InChI=1S/C22H27N3O5S/c1-16-3-9-20(17(2)15-16)22(27)24-23-21(26)10-6-18-4-7-19(8-5-18)31(28,29)25-11-13-30-14-12-25/h3-5,7-9,15H,6,10-14H2,1-2H3,(H,23,26)(H,24,27). The van der Waals surface area contributed by atoms with E-state index < -0.39 is 10.0 Å². The number of carbonyl (C=O) groups excluding carboxylic acids is 2. The molecular weight excluding hydrogens is 418 g/mol. The first-order chi connectivity index (χ1) is 14.8. The highest BCUT2D eigenvalue weighted by Gasteiger charge is 2.26. The van der Waals surface area contributed by atoms with E-state index >= 15 is 0 Å². The second kappa shape index (κ2) is 10.0. The number of hydrogen-bond donors (Lipinski definition) is 2. The van der Waals surface area contributed by atoms with E-state index in [1.807, 2.05) is 26.0 Å². The normalized spacial score (nSPS) is 14.8. The van der Waals surface area contributed by atoms with Crippen molar-refractivity contribution in [2.75, 3.05) is 26.3 Å². The van der Waals surface area contributed by atoms with Crippen molar-refractivity contribution in [2.24, 2.45) is 0 Å². The van der Waals surface area contributed by atoms with Crippen molar-refractivity contribution in [3.8, 4) is 0 Å². The van der Waals surface area contributed by atoms with E-state index in [0.29, 0.717) is 38.3 Å². The fraction of sp³-hybridized carbons (Fsp3) is 0.364. The molecule has 0 saturated carbocycles. The number of morpholine rings is 1. The van der Waals surface area contributed by atoms with Crippen LogP contribution in [0.3, 0.4) is 0 Å². The number of carbonyl (C=O) groups is 2. The Balaban J connectivity index is 1.49. The lowest BCUT2D eigenvalue weighted by molar-refractivity contribution is -0.121. The van der Waals surface area contributed by atoms with Gasteiger partial charge in [0.25, 0.3) is 5.91 Å². The van der Waals surface area contributed by atoms with Gasteiger partial charge < -0.3 is 4.74 Å². The van der Waals surface area contributed by atoms with Crippen molar-refractivity contribution >= 4 is 21.8 Å². The lowest BCUT2D eigenvalue weighted by Gasteiger charge is -2.26. The third-order valence-electron chi connectivity index (χ3n) is 5.11. The molecule has 1 heterocycles. The van der Waals surface area contributed by atoms with Crippen LogP contribution >= 0.6 is 0 Å². The Morgan fingerprint density at radius 2 is 1.68 bits per heavy atom. The predicted octanol–water partition coefficient (Wildman–Crippen LogP) is 1.72. The minimum Gasteiger partial charge on any atom is -0.379 e. The Bertz CT molecular complexity index is 1050. The Labute approximate surface area is 182 Å². The van der Waals surface area contributed by atoms with Crippen molar-refractivity contribution in [2.45, 2.75) is 31.6 Å². The molecule has 0 bridgehead atoms. The highest BCUT2D eigenvalue weighted by molar-refractivity contribution is 7.89. The molecule has 3 rings (SSSR count). The number of ether oxygens (including phenoxy) is 1. The van der Waals surface area contributed by atoms with Crippen LogP contribution in [0.15, 0.2) is 47.4 Å². The molecule has 2 amide bonds. The molecule has 0 atom stereocenters. The average molecular weight is 446 g/mol. The SMILES string of the molecule is Cc1ccc(C(=O)NNC(=O)CCc2ccc(S(=O)(=O)N3CCOCC3)cc2)c(C)c1. The van der Waals surface area contributed by atoms with Crippen LogP contribution < -0.4 is 10.9 Å². The highest BCUT2D eigenvalue weighted by Crippen LogP contribution is 2.18. The van der Waals surface area contributed by atoms with E-state index in [1.54, 1.807) is 30.3 Å². The summed E-state index contributed by atoms with van der Waals surface area (Å²) in [7, 11) is -3.53. The molecule has 1 saturated heterocycles. The van der Waals surface area contributed by atoms with Gasteiger partial charge in [-0.3, -0.25) is 20.4 Å². The molecule has 166 valence electrons. The number of nitrogens with one attached hydrogen (secondary N) is 2. The Kier molecular flexibility index (Phi) is 7.42. The molecule has 0 radical (unpaired) electrons. The summed E-state index contributed by atoms with van der Waals surface area (Å²) in [6.45, 7) is 5.27. The summed E-state index contributed by atoms with van der Waals surface area (Å²) < 4.78 is 31.9. The van der Waals surface area contributed by atoms with Crippen LogP contribution in [0.25, 0.3) is 0 Å². The summed E-state index contributed by atoms with van der Waals surface area (Å²) in [4.78, 5) is 24.5. The van der Waals surface area contributed by atoms with Crippen molar-refractivity contribution in [1.29, 1.82) is 0 Å². The molecular formula is C22H27N3O5S. The molecule has 2 aromatic rings. The van der Waals surface area contributed by atoms with Gasteiger partial charge in [-0.1, -0.05) is 29.8 Å². The summed E-state index contributed by atoms with van der Waals surface area (Å²) >= 11 is 0. The fourth-order valence-electron chi connectivity index (χ4n) is 3.35. The first kappa shape index (κ1) is 22.9. The number of hydrazine groups is 1. The molecule has 0 unspecified atom stereocenters. The summed E-state index contributed by atoms with van der Waals surface area (Å²) in [5, 5.41) is 0. The maximum Gasteiger partial charge on any atom is 0.269 e. The molecule has 2 aromatic carbocycles. The summed E-state index contributed by atoms with van der Waals surface area (Å²) in [5.41, 5.74) is 8.07. The van der Waals surface area contributed by atoms with Crippen molar-refractivity contribution in [3.63, 3.8) is 0 Å². The second-order valence-corrected chi connectivity index (χ2v) is 9.42. The molecule has 1 aliphatic heterocycles. The molecule has 0 aromatic heterocycles. The average Bonchev–Trinajstić information content (AvgIpc) is 2.77. The zero-order valence-corrected chi connectivity index (χ0v) is 18.5. The number of rotatable bonds is 6. The van der Waals surface area contributed by atoms with Gasteiger partial charge in [-0.25, -0.2) is 8.42 Å². The van der Waals surface area contributed by atoms with E-state index in [-0.39, 0.29) is 23.1 Å². The Morgan fingerprint density at radius 3 is 2.32 bits per heavy atom. The van der Waals surface area contributed by atoms with Gasteiger partial charge in [-0.2, -0.15) is 4.31 Å². The minimum absolute atomic E-state index is 0.155. The highest BCUT2D eigenvalue weighted by atomic mass is 32.2. The Morgan fingerprint density at radius 1 is 1.00 bits per heavy atom. The van der Waals surface area contributed by atoms with E-state index in [2.05, 4.69) is 10.9 Å². The van der Waals surface area contributed by atoms with Crippen molar-refractivity contribution in [3.05, 3.63) is 64.7 Å². The second-order valence-electron chi connectivity index (χ2n) is 7.48. The van der Waals surface area contributed by atoms with Crippen molar-refractivity contribution in [1.82, 2.24) is 15.2 Å².